The Balaban J connectivity index is 2.37. The van der Waals surface area contributed by atoms with Gasteiger partial charge in [-0.2, -0.15) is 10.2 Å². The molecule has 5 nitrogen and oxygen atoms in total. The molecule has 0 radical (unpaired) electrons. The van der Waals surface area contributed by atoms with Crippen molar-refractivity contribution in [1.82, 2.24) is 9.97 Å². The van der Waals surface area contributed by atoms with E-state index >= 15 is 0 Å². The fourth-order valence-corrected chi connectivity index (χ4v) is 1.55. The summed E-state index contributed by atoms with van der Waals surface area (Å²) in [5.41, 5.74) is 6.00. The number of nitrogens with zero attached hydrogens (tertiary/aromatic N) is 3. The first-order valence-electron chi connectivity index (χ1n) is 4.85. The molecule has 18 heavy (non-hydrogen) atoms. The molecule has 0 fully saturated rings. The second-order valence-corrected chi connectivity index (χ2v) is 3.75. The standard InChI is InChI=1S/C11H7ClFN5/c12-9-4-10(18-11(15)17-9)16-8-2-1-7(13)3-6(8)5-14/h1-4H,(H3,15,16,17,18). The van der Waals surface area contributed by atoms with Crippen molar-refractivity contribution in [2.75, 3.05) is 11.1 Å². The van der Waals surface area contributed by atoms with Gasteiger partial charge in [-0.25, -0.2) is 9.37 Å². The summed E-state index contributed by atoms with van der Waals surface area (Å²) in [4.78, 5) is 7.59. The summed E-state index contributed by atoms with van der Waals surface area (Å²) in [7, 11) is 0. The van der Waals surface area contributed by atoms with Crippen LogP contribution in [0.15, 0.2) is 24.3 Å². The molecule has 90 valence electrons. The van der Waals surface area contributed by atoms with Gasteiger partial charge in [-0.15, -0.1) is 0 Å². The van der Waals surface area contributed by atoms with Crippen molar-refractivity contribution in [3.05, 3.63) is 40.8 Å². The highest BCUT2D eigenvalue weighted by Gasteiger charge is 2.06. The Kier molecular flexibility index (Phi) is 3.26. The van der Waals surface area contributed by atoms with Gasteiger partial charge in [0.05, 0.1) is 11.3 Å². The van der Waals surface area contributed by atoms with Crippen LogP contribution in [-0.2, 0) is 0 Å². The van der Waals surface area contributed by atoms with E-state index in [-0.39, 0.29) is 16.7 Å². The smallest absolute Gasteiger partial charge is 0.223 e. The molecule has 0 bridgehead atoms. The zero-order chi connectivity index (χ0) is 13.1. The Bertz CT molecular complexity index is 618. The summed E-state index contributed by atoms with van der Waals surface area (Å²) < 4.78 is 13.0. The van der Waals surface area contributed by atoms with Gasteiger partial charge >= 0.3 is 0 Å². The Morgan fingerprint density at radius 1 is 1.33 bits per heavy atom. The van der Waals surface area contributed by atoms with Crippen molar-refractivity contribution >= 4 is 29.1 Å². The highest BCUT2D eigenvalue weighted by Crippen LogP contribution is 2.22. The van der Waals surface area contributed by atoms with Gasteiger partial charge in [0.25, 0.3) is 0 Å². The summed E-state index contributed by atoms with van der Waals surface area (Å²) in [6.45, 7) is 0. The largest absolute Gasteiger partial charge is 0.368 e. The maximum atomic E-state index is 13.0. The Morgan fingerprint density at radius 3 is 2.78 bits per heavy atom. The van der Waals surface area contributed by atoms with E-state index in [1.54, 1.807) is 0 Å². The molecule has 3 N–H and O–H groups in total. The van der Waals surface area contributed by atoms with Gasteiger partial charge < -0.3 is 11.1 Å². The number of anilines is 3. The number of benzene rings is 1. The first kappa shape index (κ1) is 12.1. The van der Waals surface area contributed by atoms with Gasteiger partial charge in [0, 0.05) is 6.07 Å². The molecule has 0 unspecified atom stereocenters. The van der Waals surface area contributed by atoms with E-state index in [1.807, 2.05) is 6.07 Å². The third kappa shape index (κ3) is 2.64. The van der Waals surface area contributed by atoms with Crippen LogP contribution < -0.4 is 11.1 Å². The lowest BCUT2D eigenvalue weighted by molar-refractivity contribution is 0.627. The highest BCUT2D eigenvalue weighted by atomic mass is 35.5. The lowest BCUT2D eigenvalue weighted by Gasteiger charge is -2.08. The molecule has 2 aromatic rings. The van der Waals surface area contributed by atoms with E-state index in [2.05, 4.69) is 15.3 Å². The number of halogens is 2. The van der Waals surface area contributed by atoms with Crippen molar-refractivity contribution in [1.29, 1.82) is 5.26 Å². The summed E-state index contributed by atoms with van der Waals surface area (Å²) in [6.07, 6.45) is 0. The first-order valence-corrected chi connectivity index (χ1v) is 5.23. The van der Waals surface area contributed by atoms with Crippen molar-refractivity contribution < 1.29 is 4.39 Å². The zero-order valence-corrected chi connectivity index (χ0v) is 9.74. The van der Waals surface area contributed by atoms with E-state index in [1.165, 1.54) is 18.2 Å². The molecular weight excluding hydrogens is 257 g/mol. The molecule has 0 aliphatic rings. The topological polar surface area (TPSA) is 87.6 Å². The average molecular weight is 264 g/mol. The second kappa shape index (κ2) is 4.85. The molecule has 0 spiro atoms. The van der Waals surface area contributed by atoms with Crippen LogP contribution >= 0.6 is 11.6 Å². The molecule has 2 rings (SSSR count). The number of rotatable bonds is 2. The number of nitrogen functional groups attached to an aromatic ring is 1. The Labute approximate surface area is 107 Å². The normalized spacial score (nSPS) is 9.83. The molecule has 0 saturated heterocycles. The molecule has 1 heterocycles. The summed E-state index contributed by atoms with van der Waals surface area (Å²) in [5.74, 6) is -0.154. The van der Waals surface area contributed by atoms with E-state index in [4.69, 9.17) is 22.6 Å². The first-order chi connectivity index (χ1) is 8.58. The summed E-state index contributed by atoms with van der Waals surface area (Å²) >= 11 is 5.72. The lowest BCUT2D eigenvalue weighted by Crippen LogP contribution is -2.01. The molecule has 0 aliphatic carbocycles. The van der Waals surface area contributed by atoms with Gasteiger partial charge in [0.2, 0.25) is 5.95 Å². The van der Waals surface area contributed by atoms with E-state index in [9.17, 15) is 4.39 Å². The van der Waals surface area contributed by atoms with Gasteiger partial charge in [0.1, 0.15) is 22.9 Å². The molecule has 0 saturated carbocycles. The molecule has 1 aromatic heterocycles. The van der Waals surface area contributed by atoms with Crippen LogP contribution in [0.4, 0.5) is 21.8 Å². The van der Waals surface area contributed by atoms with Crippen molar-refractivity contribution in [3.8, 4) is 6.07 Å². The third-order valence-electron chi connectivity index (χ3n) is 2.08. The maximum absolute atomic E-state index is 13.0. The number of nitrogens with one attached hydrogen (secondary N) is 1. The van der Waals surface area contributed by atoms with Crippen LogP contribution in [0, 0.1) is 17.1 Å². The molecule has 0 atom stereocenters. The number of hydrogen-bond donors (Lipinski definition) is 2. The van der Waals surface area contributed by atoms with Crippen molar-refractivity contribution in [2.45, 2.75) is 0 Å². The van der Waals surface area contributed by atoms with Gasteiger partial charge in [0.15, 0.2) is 0 Å². The van der Waals surface area contributed by atoms with E-state index < -0.39 is 5.82 Å². The van der Waals surface area contributed by atoms with Crippen LogP contribution in [0.3, 0.4) is 0 Å². The molecule has 0 aliphatic heterocycles. The number of hydrogen-bond acceptors (Lipinski definition) is 5. The van der Waals surface area contributed by atoms with Crippen LogP contribution in [0.1, 0.15) is 5.56 Å². The predicted molar refractivity (Wildman–Crippen MR) is 65.9 cm³/mol. The summed E-state index contributed by atoms with van der Waals surface area (Å²) in [5, 5.41) is 11.9. The van der Waals surface area contributed by atoms with Crippen LogP contribution in [-0.4, -0.2) is 9.97 Å². The van der Waals surface area contributed by atoms with E-state index in [0.717, 1.165) is 6.07 Å². The maximum Gasteiger partial charge on any atom is 0.223 e. The molecule has 7 heteroatoms. The SMILES string of the molecule is N#Cc1cc(F)ccc1Nc1cc(Cl)nc(N)n1. The van der Waals surface area contributed by atoms with Gasteiger partial charge in [-0.3, -0.25) is 0 Å². The minimum Gasteiger partial charge on any atom is -0.368 e. The number of nitrogens with two attached hydrogens (primary N) is 1. The highest BCUT2D eigenvalue weighted by molar-refractivity contribution is 6.29. The quantitative estimate of drug-likeness (QED) is 0.813. The lowest BCUT2D eigenvalue weighted by atomic mass is 10.2. The Hall–Kier alpha value is -2.39. The molecule has 0 amide bonds. The van der Waals surface area contributed by atoms with Crippen LogP contribution in [0.2, 0.25) is 5.15 Å². The minimum atomic E-state index is -0.489. The minimum absolute atomic E-state index is 0.00520. The summed E-state index contributed by atoms with van der Waals surface area (Å²) in [6, 6.07) is 7.10. The zero-order valence-electron chi connectivity index (χ0n) is 8.98. The van der Waals surface area contributed by atoms with E-state index in [0.29, 0.717) is 11.5 Å². The third-order valence-corrected chi connectivity index (χ3v) is 2.27. The Morgan fingerprint density at radius 2 is 2.11 bits per heavy atom. The van der Waals surface area contributed by atoms with Crippen molar-refractivity contribution in [3.63, 3.8) is 0 Å². The van der Waals surface area contributed by atoms with Gasteiger partial charge in [-0.1, -0.05) is 11.6 Å². The monoisotopic (exact) mass is 263 g/mol. The molecule has 1 aromatic carbocycles. The van der Waals surface area contributed by atoms with Gasteiger partial charge in [-0.05, 0) is 18.2 Å². The van der Waals surface area contributed by atoms with Crippen LogP contribution in [0.5, 0.6) is 0 Å². The molecular formula is C11H7ClFN5. The number of aromatic nitrogens is 2. The van der Waals surface area contributed by atoms with Crippen molar-refractivity contribution in [2.24, 2.45) is 0 Å². The average Bonchev–Trinajstić information content (AvgIpc) is 2.30. The second-order valence-electron chi connectivity index (χ2n) is 3.36. The fraction of sp³-hybridized carbons (Fsp3) is 0. The predicted octanol–water partition coefficient (Wildman–Crippen LogP) is 2.47. The van der Waals surface area contributed by atoms with Crippen LogP contribution in [0.25, 0.3) is 0 Å². The fourth-order valence-electron chi connectivity index (χ4n) is 1.36. The number of nitriles is 1.